The molecule has 2 aliphatic heterocycles. The van der Waals surface area contributed by atoms with E-state index >= 15 is 0 Å². The van der Waals surface area contributed by atoms with Gasteiger partial charge in [-0.25, -0.2) is 0 Å². The average molecular weight is 966 g/mol. The van der Waals surface area contributed by atoms with Crippen LogP contribution in [0.1, 0.15) is 213 Å². The van der Waals surface area contributed by atoms with Crippen LogP contribution in [-0.4, -0.2) is 163 Å². The summed E-state index contributed by atoms with van der Waals surface area (Å²) in [6.45, 7) is 2.39. The van der Waals surface area contributed by atoms with Gasteiger partial charge in [0.05, 0.1) is 32.0 Å². The minimum Gasteiger partial charge on any atom is -0.394 e. The van der Waals surface area contributed by atoms with Gasteiger partial charge >= 0.3 is 0 Å². The highest BCUT2D eigenvalue weighted by Gasteiger charge is 2.51. The molecule has 0 aromatic heterocycles. The van der Waals surface area contributed by atoms with Crippen LogP contribution < -0.4 is 5.32 Å². The zero-order chi connectivity index (χ0) is 49.2. The smallest absolute Gasteiger partial charge is 0.249 e. The van der Waals surface area contributed by atoms with E-state index in [1.807, 2.05) is 0 Å². The molecule has 0 aromatic rings. The third-order valence-corrected chi connectivity index (χ3v) is 13.8. The molecule has 2 fully saturated rings. The topological polar surface area (TPSA) is 268 Å². The summed E-state index contributed by atoms with van der Waals surface area (Å²) in [5.41, 5.74) is 0. The maximum Gasteiger partial charge on any atom is 0.249 e. The number of aliphatic hydroxyl groups excluding tert-OH is 10. The zero-order valence-corrected chi connectivity index (χ0v) is 41.6. The second-order valence-corrected chi connectivity index (χ2v) is 19.7. The van der Waals surface area contributed by atoms with Gasteiger partial charge in [0.15, 0.2) is 12.6 Å². The van der Waals surface area contributed by atoms with Crippen LogP contribution in [0.25, 0.3) is 0 Å². The average Bonchev–Trinajstić information content (AvgIpc) is 3.32. The van der Waals surface area contributed by atoms with Crippen molar-refractivity contribution in [1.29, 1.82) is 0 Å². The van der Waals surface area contributed by atoms with Crippen molar-refractivity contribution in [1.82, 2.24) is 5.32 Å². The third kappa shape index (κ3) is 25.2. The van der Waals surface area contributed by atoms with Crippen LogP contribution in [-0.2, 0) is 23.7 Å². The standard InChI is InChI=1S/C51H99NO15/c1-3-5-7-9-11-13-15-16-17-18-19-20-21-23-25-27-29-31-33-39(56)49(63)52-37(42(57)38(55)32-30-28-26-24-22-14-12-10-8-6-4-2)36-64-51-48(46(61)44(59)41(35-54)66-51)67-50-47(62)45(60)43(58)40(34-53)65-50/h37-48,50-51,53-62H,3-36H2,1-2H3,(H,52,63)/t37-,38+,39+,40+,41+,42-,43+,44-,45-,46-,47+,48+,50+,51-/m0/s1. The number of carbonyl (C=O) groups is 1. The predicted molar refractivity (Wildman–Crippen MR) is 257 cm³/mol. The first-order valence-electron chi connectivity index (χ1n) is 27.0. The fraction of sp³-hybridized carbons (Fsp3) is 0.980. The first-order chi connectivity index (χ1) is 32.4. The highest BCUT2D eigenvalue weighted by Crippen LogP contribution is 2.30. The van der Waals surface area contributed by atoms with Crippen molar-refractivity contribution in [3.63, 3.8) is 0 Å². The molecule has 2 aliphatic rings. The van der Waals surface area contributed by atoms with Gasteiger partial charge in [-0.1, -0.05) is 200 Å². The molecule has 0 spiro atoms. The number of aliphatic hydroxyl groups is 10. The quantitative estimate of drug-likeness (QED) is 0.0346. The van der Waals surface area contributed by atoms with Crippen LogP contribution in [0.2, 0.25) is 0 Å². The molecule has 16 nitrogen and oxygen atoms in total. The Morgan fingerprint density at radius 1 is 0.493 bits per heavy atom. The Kier molecular flexibility index (Phi) is 35.7. The van der Waals surface area contributed by atoms with Gasteiger partial charge in [0.2, 0.25) is 5.91 Å². The van der Waals surface area contributed by atoms with Gasteiger partial charge in [-0.2, -0.15) is 0 Å². The van der Waals surface area contributed by atoms with Gasteiger partial charge in [-0.3, -0.25) is 4.79 Å². The van der Waals surface area contributed by atoms with Gasteiger partial charge < -0.3 is 75.3 Å². The van der Waals surface area contributed by atoms with Crippen molar-refractivity contribution in [2.45, 2.75) is 299 Å². The molecule has 14 atom stereocenters. The van der Waals surface area contributed by atoms with Crippen molar-refractivity contribution < 1.29 is 74.8 Å². The van der Waals surface area contributed by atoms with E-state index in [4.69, 9.17) is 18.9 Å². The lowest BCUT2D eigenvalue weighted by molar-refractivity contribution is -0.368. The van der Waals surface area contributed by atoms with E-state index in [2.05, 4.69) is 19.2 Å². The monoisotopic (exact) mass is 966 g/mol. The van der Waals surface area contributed by atoms with Crippen molar-refractivity contribution in [2.75, 3.05) is 19.8 Å². The second kappa shape index (κ2) is 38.6. The molecule has 0 radical (unpaired) electrons. The third-order valence-electron chi connectivity index (χ3n) is 13.8. The first-order valence-corrected chi connectivity index (χ1v) is 27.0. The highest BCUT2D eigenvalue weighted by molar-refractivity contribution is 5.80. The van der Waals surface area contributed by atoms with E-state index in [1.165, 1.54) is 122 Å². The number of amides is 1. The molecule has 11 N–H and O–H groups in total. The summed E-state index contributed by atoms with van der Waals surface area (Å²) >= 11 is 0. The SMILES string of the molecule is CCCCCCCCCCCCCCCCCCCC[C@@H](O)C(=O)N[C@@H](CO[C@H]1O[C@H](CO)[C@H](O)[C@H](O)[C@H]1O[C@H]1O[C@H](CO)[C@@H](O)[C@H](O)[C@H]1O)[C@H](O)[C@H](O)CCCCCCCCCCCCC. The van der Waals surface area contributed by atoms with Gasteiger partial charge in [-0.15, -0.1) is 0 Å². The number of unbranched alkanes of at least 4 members (excludes halogenated alkanes) is 27. The summed E-state index contributed by atoms with van der Waals surface area (Å²) in [6, 6.07) is -1.31. The van der Waals surface area contributed by atoms with Crippen LogP contribution in [0.3, 0.4) is 0 Å². The van der Waals surface area contributed by atoms with Crippen LogP contribution in [0.4, 0.5) is 0 Å². The van der Waals surface area contributed by atoms with Gasteiger partial charge in [0.25, 0.3) is 0 Å². The summed E-state index contributed by atoms with van der Waals surface area (Å²) in [7, 11) is 0. The fourth-order valence-corrected chi connectivity index (χ4v) is 9.20. The van der Waals surface area contributed by atoms with Crippen molar-refractivity contribution >= 4 is 5.91 Å². The Morgan fingerprint density at radius 2 is 0.866 bits per heavy atom. The maximum atomic E-state index is 13.4. The lowest BCUT2D eigenvalue weighted by Crippen LogP contribution is -2.65. The molecule has 2 saturated heterocycles. The summed E-state index contributed by atoms with van der Waals surface area (Å²) in [6.07, 6.45) is 13.6. The van der Waals surface area contributed by atoms with Gasteiger partial charge in [-0.05, 0) is 12.8 Å². The van der Waals surface area contributed by atoms with Crippen molar-refractivity contribution in [3.05, 3.63) is 0 Å². The van der Waals surface area contributed by atoms with Crippen molar-refractivity contribution in [3.8, 4) is 0 Å². The Balaban J connectivity index is 1.93. The van der Waals surface area contributed by atoms with Gasteiger partial charge in [0, 0.05) is 0 Å². The Bertz CT molecular complexity index is 1170. The van der Waals surface area contributed by atoms with Crippen LogP contribution >= 0.6 is 0 Å². The summed E-state index contributed by atoms with van der Waals surface area (Å²) in [5.74, 6) is -0.774. The number of hydrogen-bond donors (Lipinski definition) is 11. The molecular weight excluding hydrogens is 867 g/mol. The largest absolute Gasteiger partial charge is 0.394 e. The van der Waals surface area contributed by atoms with Crippen LogP contribution in [0, 0.1) is 0 Å². The van der Waals surface area contributed by atoms with E-state index in [9.17, 15) is 55.9 Å². The van der Waals surface area contributed by atoms with E-state index in [0.29, 0.717) is 12.8 Å². The lowest BCUT2D eigenvalue weighted by Gasteiger charge is -2.46. The molecule has 0 aromatic carbocycles. The maximum absolute atomic E-state index is 13.4. The predicted octanol–water partition coefficient (Wildman–Crippen LogP) is 5.33. The van der Waals surface area contributed by atoms with Crippen LogP contribution in [0.15, 0.2) is 0 Å². The molecule has 16 heteroatoms. The Labute approximate surface area is 403 Å². The first kappa shape index (κ1) is 62.0. The number of hydrogen-bond acceptors (Lipinski definition) is 15. The molecule has 0 bridgehead atoms. The second-order valence-electron chi connectivity index (χ2n) is 19.7. The van der Waals surface area contributed by atoms with E-state index in [1.54, 1.807) is 0 Å². The minimum absolute atomic E-state index is 0.193. The van der Waals surface area contributed by atoms with E-state index < -0.39 is 111 Å². The molecule has 1 amide bonds. The zero-order valence-electron chi connectivity index (χ0n) is 41.6. The molecular formula is C51H99NO15. The van der Waals surface area contributed by atoms with Crippen molar-refractivity contribution in [2.24, 2.45) is 0 Å². The van der Waals surface area contributed by atoms with Gasteiger partial charge in [0.1, 0.15) is 61.0 Å². The molecule has 0 saturated carbocycles. The normalized spacial score (nSPS) is 27.5. The Morgan fingerprint density at radius 3 is 1.28 bits per heavy atom. The molecule has 2 rings (SSSR count). The number of ether oxygens (including phenoxy) is 4. The fourth-order valence-electron chi connectivity index (χ4n) is 9.20. The molecule has 0 aliphatic carbocycles. The number of rotatable bonds is 42. The highest BCUT2D eigenvalue weighted by atomic mass is 16.8. The van der Waals surface area contributed by atoms with E-state index in [-0.39, 0.29) is 12.8 Å². The minimum atomic E-state index is -1.87. The summed E-state index contributed by atoms with van der Waals surface area (Å²) in [5, 5.41) is 109. The van der Waals surface area contributed by atoms with E-state index in [0.717, 1.165) is 51.4 Å². The summed E-state index contributed by atoms with van der Waals surface area (Å²) in [4.78, 5) is 13.4. The Hall–Kier alpha value is -1.09. The van der Waals surface area contributed by atoms with Crippen LogP contribution in [0.5, 0.6) is 0 Å². The lowest BCUT2D eigenvalue weighted by atomic mass is 9.97. The molecule has 67 heavy (non-hydrogen) atoms. The molecule has 2 heterocycles. The molecule has 398 valence electrons. The summed E-state index contributed by atoms with van der Waals surface area (Å²) < 4.78 is 22.9. The number of nitrogens with one attached hydrogen (secondary N) is 1. The molecule has 0 unspecified atom stereocenters. The number of carbonyl (C=O) groups excluding carboxylic acids is 1.